The van der Waals surface area contributed by atoms with Gasteiger partial charge in [0.1, 0.15) is 12.4 Å². The molecule has 0 spiro atoms. The molecule has 0 aliphatic carbocycles. The third-order valence-corrected chi connectivity index (χ3v) is 6.60. The number of nitrogens with one attached hydrogen (secondary N) is 1. The Morgan fingerprint density at radius 1 is 1.29 bits per heavy atom. The standard InChI is InChI=1S/C24H32N6O4/c1-4-30-21-19(15-34-24(30)33)13-25-22(27-21)26-16(2)18-7-5-17(6-8-18)14-28(3)20-9-11-29(12-10-20)23(31)32/h5-8,13,16,20H,4,9-12,14-15H2,1-3H3,(H,31,32)(H,25,26,27). The number of carbonyl (C=O) groups excluding carboxylic acids is 1. The molecular weight excluding hydrogens is 436 g/mol. The molecule has 10 nitrogen and oxygen atoms in total. The number of amides is 2. The molecule has 3 heterocycles. The van der Waals surface area contributed by atoms with E-state index in [-0.39, 0.29) is 18.7 Å². The second kappa shape index (κ2) is 10.3. The van der Waals surface area contributed by atoms with Gasteiger partial charge >= 0.3 is 12.2 Å². The summed E-state index contributed by atoms with van der Waals surface area (Å²) < 4.78 is 5.15. The van der Waals surface area contributed by atoms with E-state index in [1.807, 2.05) is 13.8 Å². The van der Waals surface area contributed by atoms with Gasteiger partial charge in [-0.05, 0) is 44.9 Å². The second-order valence-corrected chi connectivity index (χ2v) is 8.86. The molecule has 2 N–H and O–H groups in total. The lowest BCUT2D eigenvalue weighted by atomic mass is 10.0. The van der Waals surface area contributed by atoms with Crippen LogP contribution in [0.1, 0.15) is 49.4 Å². The maximum absolute atomic E-state index is 12.0. The molecule has 1 aromatic heterocycles. The average molecular weight is 469 g/mol. The van der Waals surface area contributed by atoms with E-state index in [9.17, 15) is 9.59 Å². The molecule has 34 heavy (non-hydrogen) atoms. The van der Waals surface area contributed by atoms with Gasteiger partial charge < -0.3 is 20.1 Å². The molecule has 10 heteroatoms. The Kier molecular flexibility index (Phi) is 7.16. The van der Waals surface area contributed by atoms with E-state index in [1.165, 1.54) is 15.4 Å². The van der Waals surface area contributed by atoms with Gasteiger partial charge in [0.25, 0.3) is 0 Å². The maximum Gasteiger partial charge on any atom is 0.415 e. The number of carbonyl (C=O) groups is 2. The smallest absolute Gasteiger partial charge is 0.415 e. The number of carboxylic acid groups (broad SMARTS) is 1. The van der Waals surface area contributed by atoms with E-state index >= 15 is 0 Å². The largest absolute Gasteiger partial charge is 0.465 e. The number of hydrogen-bond donors (Lipinski definition) is 2. The van der Waals surface area contributed by atoms with Crippen LogP contribution in [0.15, 0.2) is 30.5 Å². The zero-order chi connectivity index (χ0) is 24.2. The minimum Gasteiger partial charge on any atom is -0.465 e. The number of aromatic nitrogens is 2. The summed E-state index contributed by atoms with van der Waals surface area (Å²) >= 11 is 0. The molecule has 1 unspecified atom stereocenters. The Morgan fingerprint density at radius 3 is 2.65 bits per heavy atom. The van der Waals surface area contributed by atoms with Crippen LogP contribution in [0.5, 0.6) is 0 Å². The molecule has 2 aliphatic heterocycles. The third-order valence-electron chi connectivity index (χ3n) is 6.60. The number of fused-ring (bicyclic) bond motifs is 1. The molecule has 1 saturated heterocycles. The Hall–Kier alpha value is -3.40. The van der Waals surface area contributed by atoms with Crippen molar-refractivity contribution in [2.45, 2.75) is 51.9 Å². The first-order valence-corrected chi connectivity index (χ1v) is 11.7. The van der Waals surface area contributed by atoms with Crippen molar-refractivity contribution in [3.05, 3.63) is 47.2 Å². The van der Waals surface area contributed by atoms with Crippen LogP contribution in [0.2, 0.25) is 0 Å². The van der Waals surface area contributed by atoms with Gasteiger partial charge in [-0.1, -0.05) is 24.3 Å². The lowest BCUT2D eigenvalue weighted by Crippen LogP contribution is -2.44. The van der Waals surface area contributed by atoms with Crippen LogP contribution in [0.25, 0.3) is 0 Å². The summed E-state index contributed by atoms with van der Waals surface area (Å²) in [6, 6.07) is 8.81. The van der Waals surface area contributed by atoms with E-state index in [2.05, 4.69) is 51.5 Å². The van der Waals surface area contributed by atoms with Crippen molar-refractivity contribution in [3.63, 3.8) is 0 Å². The zero-order valence-electron chi connectivity index (χ0n) is 19.9. The molecule has 0 saturated carbocycles. The number of hydrogen-bond acceptors (Lipinski definition) is 7. The number of anilines is 2. The molecular formula is C24H32N6O4. The van der Waals surface area contributed by atoms with Crippen molar-refractivity contribution in [1.82, 2.24) is 19.8 Å². The molecule has 1 aromatic carbocycles. The fourth-order valence-corrected chi connectivity index (χ4v) is 4.49. The number of nitrogens with zero attached hydrogens (tertiary/aromatic N) is 5. The highest BCUT2D eigenvalue weighted by molar-refractivity contribution is 5.89. The Bertz CT molecular complexity index is 1020. The SMILES string of the molecule is CCN1C(=O)OCc2cnc(NC(C)c3ccc(CN(C)C4CCN(C(=O)O)CC4)cc3)nc21. The maximum atomic E-state index is 12.0. The van der Waals surface area contributed by atoms with E-state index in [1.54, 1.807) is 6.20 Å². The Balaban J connectivity index is 1.35. The van der Waals surface area contributed by atoms with Gasteiger partial charge in [-0.3, -0.25) is 9.80 Å². The van der Waals surface area contributed by atoms with Crippen molar-refractivity contribution >= 4 is 24.0 Å². The molecule has 2 aromatic rings. The summed E-state index contributed by atoms with van der Waals surface area (Å²) in [6.45, 7) is 6.60. The second-order valence-electron chi connectivity index (χ2n) is 8.86. The predicted octanol–water partition coefficient (Wildman–Crippen LogP) is 3.70. The van der Waals surface area contributed by atoms with Gasteiger partial charge in [-0.2, -0.15) is 4.98 Å². The van der Waals surface area contributed by atoms with Gasteiger partial charge in [0.2, 0.25) is 5.95 Å². The number of cyclic esters (lactones) is 1. The highest BCUT2D eigenvalue weighted by atomic mass is 16.6. The van der Waals surface area contributed by atoms with Crippen molar-refractivity contribution in [2.24, 2.45) is 0 Å². The molecule has 0 bridgehead atoms. The number of rotatable bonds is 7. The van der Waals surface area contributed by atoms with Crippen molar-refractivity contribution < 1.29 is 19.4 Å². The summed E-state index contributed by atoms with van der Waals surface area (Å²) in [5, 5.41) is 12.5. The average Bonchev–Trinajstić information content (AvgIpc) is 2.84. The fourth-order valence-electron chi connectivity index (χ4n) is 4.49. The normalized spacial score (nSPS) is 17.4. The first-order valence-electron chi connectivity index (χ1n) is 11.7. The van der Waals surface area contributed by atoms with Gasteiger partial charge in [-0.15, -0.1) is 0 Å². The highest BCUT2D eigenvalue weighted by Gasteiger charge is 2.27. The van der Waals surface area contributed by atoms with Crippen LogP contribution in [0, 0.1) is 0 Å². The molecule has 1 fully saturated rings. The quantitative estimate of drug-likeness (QED) is 0.633. The summed E-state index contributed by atoms with van der Waals surface area (Å²) in [7, 11) is 2.10. The lowest BCUT2D eigenvalue weighted by Gasteiger charge is -2.35. The van der Waals surface area contributed by atoms with Crippen LogP contribution in [0.4, 0.5) is 21.4 Å². The lowest BCUT2D eigenvalue weighted by molar-refractivity contribution is 0.103. The monoisotopic (exact) mass is 468 g/mol. The fraction of sp³-hybridized carbons (Fsp3) is 0.500. The van der Waals surface area contributed by atoms with E-state index in [0.29, 0.717) is 37.4 Å². The highest BCUT2D eigenvalue weighted by Crippen LogP contribution is 2.27. The van der Waals surface area contributed by atoms with E-state index in [0.717, 1.165) is 30.5 Å². The van der Waals surface area contributed by atoms with Crippen molar-refractivity contribution in [1.29, 1.82) is 0 Å². The van der Waals surface area contributed by atoms with Crippen LogP contribution in [0.3, 0.4) is 0 Å². The van der Waals surface area contributed by atoms with Crippen LogP contribution in [-0.4, -0.2) is 69.8 Å². The number of piperidine rings is 1. The predicted molar refractivity (Wildman–Crippen MR) is 128 cm³/mol. The molecule has 2 amide bonds. The van der Waals surface area contributed by atoms with Crippen molar-refractivity contribution in [2.75, 3.05) is 36.9 Å². The van der Waals surface area contributed by atoms with Gasteiger partial charge in [0.15, 0.2) is 0 Å². The summed E-state index contributed by atoms with van der Waals surface area (Å²) in [5.74, 6) is 1.06. The first kappa shape index (κ1) is 23.7. The topological polar surface area (TPSA) is 111 Å². The Morgan fingerprint density at radius 2 is 2.00 bits per heavy atom. The van der Waals surface area contributed by atoms with Crippen LogP contribution < -0.4 is 10.2 Å². The molecule has 2 aliphatic rings. The Labute approximate surface area is 199 Å². The van der Waals surface area contributed by atoms with Gasteiger partial charge in [-0.25, -0.2) is 14.6 Å². The zero-order valence-corrected chi connectivity index (χ0v) is 19.9. The summed E-state index contributed by atoms with van der Waals surface area (Å²) in [6.07, 6.45) is 2.20. The number of likely N-dealkylation sites (tertiary alicyclic amines) is 1. The summed E-state index contributed by atoms with van der Waals surface area (Å²) in [4.78, 5) is 37.4. The van der Waals surface area contributed by atoms with Gasteiger partial charge in [0.05, 0.1) is 11.6 Å². The van der Waals surface area contributed by atoms with Crippen LogP contribution >= 0.6 is 0 Å². The molecule has 0 radical (unpaired) electrons. The first-order chi connectivity index (χ1) is 16.4. The minimum absolute atomic E-state index is 0.0178. The van der Waals surface area contributed by atoms with E-state index in [4.69, 9.17) is 9.84 Å². The number of benzene rings is 1. The third kappa shape index (κ3) is 5.22. The van der Waals surface area contributed by atoms with Crippen molar-refractivity contribution in [3.8, 4) is 0 Å². The van der Waals surface area contributed by atoms with E-state index < -0.39 is 6.09 Å². The van der Waals surface area contributed by atoms with Gasteiger partial charge in [0, 0.05) is 38.4 Å². The summed E-state index contributed by atoms with van der Waals surface area (Å²) in [5.41, 5.74) is 3.11. The molecule has 182 valence electrons. The minimum atomic E-state index is -0.828. The molecule has 4 rings (SSSR count). The molecule has 1 atom stereocenters. The number of ether oxygens (including phenoxy) is 1. The van der Waals surface area contributed by atoms with Crippen LogP contribution in [-0.2, 0) is 17.9 Å².